The summed E-state index contributed by atoms with van der Waals surface area (Å²) in [6.45, 7) is 10.4. The van der Waals surface area contributed by atoms with E-state index in [0.717, 1.165) is 30.9 Å². The number of aliphatic carboxylic acids is 1. The van der Waals surface area contributed by atoms with Gasteiger partial charge < -0.3 is 24.8 Å². The van der Waals surface area contributed by atoms with Crippen LogP contribution in [0.2, 0.25) is 0 Å². The first kappa shape index (κ1) is 20.9. The number of rotatable bonds is 7. The highest BCUT2D eigenvalue weighted by Crippen LogP contribution is 2.01. The molecule has 118 valence electrons. The number of amides is 1. The van der Waals surface area contributed by atoms with Crippen LogP contribution in [0.15, 0.2) is 12.2 Å². The lowest BCUT2D eigenvalue weighted by Crippen LogP contribution is -2.46. The summed E-state index contributed by atoms with van der Waals surface area (Å²) >= 11 is 0. The summed E-state index contributed by atoms with van der Waals surface area (Å²) in [7, 11) is 4.15. The number of carbonyl (C=O) groups is 2. The van der Waals surface area contributed by atoms with Gasteiger partial charge in [-0.05, 0) is 20.8 Å². The molecule has 1 amide bonds. The van der Waals surface area contributed by atoms with Crippen LogP contribution in [0.25, 0.3) is 0 Å². The van der Waals surface area contributed by atoms with Crippen LogP contribution in [-0.2, 0) is 9.59 Å². The maximum Gasteiger partial charge on any atom is 0.246 e. The number of carbonyl (C=O) groups excluding carboxylic acids is 2. The summed E-state index contributed by atoms with van der Waals surface area (Å²) in [6.07, 6.45) is 0.610. The van der Waals surface area contributed by atoms with Crippen LogP contribution in [0, 0.1) is 0 Å². The number of nitrogens with zero attached hydrogens (tertiary/aromatic N) is 1. The van der Waals surface area contributed by atoms with E-state index >= 15 is 0 Å². The molecule has 0 aliphatic heterocycles. The number of aliphatic hydroxyl groups excluding tert-OH is 1. The molecule has 0 aromatic heterocycles. The van der Waals surface area contributed by atoms with Gasteiger partial charge >= 0.3 is 0 Å². The van der Waals surface area contributed by atoms with Gasteiger partial charge in [-0.3, -0.25) is 4.79 Å². The fourth-order valence-electron chi connectivity index (χ4n) is 1.67. The predicted octanol–water partition coefficient (Wildman–Crippen LogP) is -0.718. The van der Waals surface area contributed by atoms with E-state index in [1.807, 2.05) is 0 Å². The molecule has 0 aromatic carbocycles. The summed E-state index contributed by atoms with van der Waals surface area (Å²) in [4.78, 5) is 20.1. The third kappa shape index (κ3) is 16.6. The molecular formula is C14H28N2O4. The number of aliphatic hydroxyl groups is 1. The van der Waals surface area contributed by atoms with E-state index in [0.29, 0.717) is 12.1 Å². The van der Waals surface area contributed by atoms with Gasteiger partial charge in [-0.1, -0.05) is 6.58 Å². The molecule has 0 fully saturated rings. The Balaban J connectivity index is 0. The Kier molecular flexibility index (Phi) is 10.9. The molecule has 0 rings (SSSR count). The molecule has 0 radical (unpaired) electrons. The number of carboxylic acid groups (broad SMARTS) is 1. The van der Waals surface area contributed by atoms with Crippen molar-refractivity contribution >= 4 is 11.9 Å². The number of likely N-dealkylation sites (N-methyl/N-ethyl adjacent to an activating group) is 1. The molecular weight excluding hydrogens is 260 g/mol. The van der Waals surface area contributed by atoms with Gasteiger partial charge in [0.25, 0.3) is 0 Å². The lowest BCUT2D eigenvalue weighted by Gasteiger charge is -2.31. The zero-order valence-electron chi connectivity index (χ0n) is 13.2. The van der Waals surface area contributed by atoms with E-state index in [9.17, 15) is 9.90 Å². The first-order valence-electron chi connectivity index (χ1n) is 6.59. The highest BCUT2D eigenvalue weighted by molar-refractivity contribution is 5.91. The van der Waals surface area contributed by atoms with Crippen molar-refractivity contribution in [3.8, 4) is 0 Å². The van der Waals surface area contributed by atoms with E-state index in [2.05, 4.69) is 26.0 Å². The van der Waals surface area contributed by atoms with Gasteiger partial charge in [0.2, 0.25) is 5.91 Å². The largest absolute Gasteiger partial charge is 0.550 e. The smallest absolute Gasteiger partial charge is 0.246 e. The minimum atomic E-state index is -1.08. The SMILES string of the molecule is C=C(C)C(=O)NCCC[N+](C)(C)CC(C)O.CC(=O)[O-]. The van der Waals surface area contributed by atoms with Crippen LogP contribution in [0.3, 0.4) is 0 Å². The van der Waals surface area contributed by atoms with Crippen molar-refractivity contribution in [2.45, 2.75) is 33.3 Å². The van der Waals surface area contributed by atoms with Crippen LogP contribution < -0.4 is 10.4 Å². The van der Waals surface area contributed by atoms with Gasteiger partial charge in [-0.2, -0.15) is 0 Å². The maximum absolute atomic E-state index is 11.2. The molecule has 0 aliphatic carbocycles. The van der Waals surface area contributed by atoms with E-state index < -0.39 is 5.97 Å². The van der Waals surface area contributed by atoms with Crippen LogP contribution >= 0.6 is 0 Å². The standard InChI is InChI=1S/C12H24N2O2.C2H4O2/c1-10(2)12(16)13-7-6-8-14(4,5)9-11(3)15;1-2(3)4/h11,15H,1,6-9H2,2-5H3;1H3,(H,3,4). The zero-order chi connectivity index (χ0) is 16.3. The molecule has 0 bridgehead atoms. The number of hydrogen-bond donors (Lipinski definition) is 2. The molecule has 2 N–H and O–H groups in total. The van der Waals surface area contributed by atoms with Crippen molar-refractivity contribution in [2.24, 2.45) is 0 Å². The van der Waals surface area contributed by atoms with Gasteiger partial charge in [-0.25, -0.2) is 0 Å². The van der Waals surface area contributed by atoms with E-state index in [-0.39, 0.29) is 12.0 Å². The third-order valence-electron chi connectivity index (χ3n) is 2.37. The Morgan fingerprint density at radius 2 is 1.80 bits per heavy atom. The monoisotopic (exact) mass is 288 g/mol. The highest BCUT2D eigenvalue weighted by Gasteiger charge is 2.17. The second-order valence-electron chi connectivity index (χ2n) is 5.57. The van der Waals surface area contributed by atoms with Crippen molar-refractivity contribution in [1.29, 1.82) is 0 Å². The summed E-state index contributed by atoms with van der Waals surface area (Å²) in [6, 6.07) is 0. The second kappa shape index (κ2) is 10.4. The molecule has 0 aliphatic rings. The Hall–Kier alpha value is -1.40. The highest BCUT2D eigenvalue weighted by atomic mass is 16.4. The first-order valence-corrected chi connectivity index (χ1v) is 6.59. The lowest BCUT2D eigenvalue weighted by molar-refractivity contribution is -0.893. The van der Waals surface area contributed by atoms with E-state index in [1.54, 1.807) is 13.8 Å². The third-order valence-corrected chi connectivity index (χ3v) is 2.37. The average molecular weight is 288 g/mol. The number of nitrogens with one attached hydrogen (secondary N) is 1. The fraction of sp³-hybridized carbons (Fsp3) is 0.714. The average Bonchev–Trinajstić information content (AvgIpc) is 2.21. The molecule has 1 unspecified atom stereocenters. The van der Waals surface area contributed by atoms with Crippen molar-refractivity contribution < 1.29 is 24.3 Å². The molecule has 1 atom stereocenters. The second-order valence-corrected chi connectivity index (χ2v) is 5.57. The number of carboxylic acids is 1. The topological polar surface area (TPSA) is 89.5 Å². The molecule has 0 saturated carbocycles. The minimum absolute atomic E-state index is 0.0826. The quantitative estimate of drug-likeness (QED) is 0.368. The van der Waals surface area contributed by atoms with Crippen LogP contribution in [-0.4, -0.2) is 61.3 Å². The summed E-state index contributed by atoms with van der Waals surface area (Å²) < 4.78 is 0.764. The zero-order valence-corrected chi connectivity index (χ0v) is 13.2. The van der Waals surface area contributed by atoms with Crippen molar-refractivity contribution in [1.82, 2.24) is 5.32 Å². The van der Waals surface area contributed by atoms with Gasteiger partial charge in [0, 0.05) is 24.5 Å². The van der Waals surface area contributed by atoms with Crippen LogP contribution in [0.5, 0.6) is 0 Å². The lowest BCUT2D eigenvalue weighted by atomic mass is 10.2. The van der Waals surface area contributed by atoms with E-state index in [1.165, 1.54) is 0 Å². The van der Waals surface area contributed by atoms with Gasteiger partial charge in [0.15, 0.2) is 0 Å². The minimum Gasteiger partial charge on any atom is -0.550 e. The normalized spacial score (nSPS) is 11.9. The van der Waals surface area contributed by atoms with Crippen molar-refractivity contribution in [2.75, 3.05) is 33.7 Å². The van der Waals surface area contributed by atoms with Crippen molar-refractivity contribution in [3.05, 3.63) is 12.2 Å². The van der Waals surface area contributed by atoms with Gasteiger partial charge in [0.1, 0.15) is 12.6 Å². The van der Waals surface area contributed by atoms with Crippen LogP contribution in [0.4, 0.5) is 0 Å². The Morgan fingerprint density at radius 1 is 1.35 bits per heavy atom. The maximum atomic E-state index is 11.2. The van der Waals surface area contributed by atoms with Crippen molar-refractivity contribution in [3.63, 3.8) is 0 Å². The van der Waals surface area contributed by atoms with Crippen LogP contribution in [0.1, 0.15) is 27.2 Å². The number of hydrogen-bond acceptors (Lipinski definition) is 4. The molecule has 0 spiro atoms. The molecule has 6 heteroatoms. The Labute approximate surface area is 121 Å². The number of quaternary nitrogens is 1. The molecule has 20 heavy (non-hydrogen) atoms. The van der Waals surface area contributed by atoms with E-state index in [4.69, 9.17) is 9.90 Å². The summed E-state index contributed by atoms with van der Waals surface area (Å²) in [5, 5.41) is 21.0. The Morgan fingerprint density at radius 3 is 2.15 bits per heavy atom. The van der Waals surface area contributed by atoms with Gasteiger partial charge in [0.05, 0.1) is 20.6 Å². The summed E-state index contributed by atoms with van der Waals surface area (Å²) in [5.41, 5.74) is 0.540. The Bertz CT molecular complexity index is 321. The molecule has 0 heterocycles. The predicted molar refractivity (Wildman–Crippen MR) is 76.6 cm³/mol. The molecule has 0 aromatic rings. The van der Waals surface area contributed by atoms with Gasteiger partial charge in [-0.15, -0.1) is 0 Å². The molecule has 0 saturated heterocycles. The summed E-state index contributed by atoms with van der Waals surface area (Å²) in [5.74, 6) is -1.17. The molecule has 6 nitrogen and oxygen atoms in total. The first-order chi connectivity index (χ1) is 8.98. The fourth-order valence-corrected chi connectivity index (χ4v) is 1.67.